The van der Waals surface area contributed by atoms with E-state index in [9.17, 15) is 5.11 Å². The van der Waals surface area contributed by atoms with Gasteiger partial charge in [0.1, 0.15) is 12.4 Å². The van der Waals surface area contributed by atoms with Crippen molar-refractivity contribution in [2.75, 3.05) is 26.3 Å². The Kier molecular flexibility index (Phi) is 6.14. The summed E-state index contributed by atoms with van der Waals surface area (Å²) in [6.45, 7) is 2.91. The first-order chi connectivity index (χ1) is 9.29. The molecule has 0 bridgehead atoms. The van der Waals surface area contributed by atoms with Crippen LogP contribution in [0.15, 0.2) is 28.7 Å². The summed E-state index contributed by atoms with van der Waals surface area (Å²) in [6, 6.07) is 8.22. The van der Waals surface area contributed by atoms with Crippen LogP contribution in [-0.2, 0) is 0 Å². The monoisotopic (exact) mass is 327 g/mol. The Morgan fingerprint density at radius 1 is 1.21 bits per heavy atom. The SMILES string of the molecule is OCC1CCCCCN1CCOc1ccc(Br)cc1. The van der Waals surface area contributed by atoms with Crippen molar-refractivity contribution >= 4 is 15.9 Å². The summed E-state index contributed by atoms with van der Waals surface area (Å²) in [5, 5.41) is 9.45. The predicted molar refractivity (Wildman–Crippen MR) is 80.6 cm³/mol. The lowest BCUT2D eigenvalue weighted by atomic mass is 10.1. The molecule has 1 aliphatic rings. The number of aliphatic hydroxyl groups is 1. The van der Waals surface area contributed by atoms with Gasteiger partial charge in [0.05, 0.1) is 6.61 Å². The Hall–Kier alpha value is -0.580. The van der Waals surface area contributed by atoms with Gasteiger partial charge in [0, 0.05) is 17.1 Å². The van der Waals surface area contributed by atoms with Crippen molar-refractivity contribution in [2.24, 2.45) is 0 Å². The van der Waals surface area contributed by atoms with E-state index >= 15 is 0 Å². The fourth-order valence-electron chi connectivity index (χ4n) is 2.55. The summed E-state index contributed by atoms with van der Waals surface area (Å²) in [7, 11) is 0. The summed E-state index contributed by atoms with van der Waals surface area (Å²) >= 11 is 3.41. The summed E-state index contributed by atoms with van der Waals surface area (Å²) in [4.78, 5) is 2.37. The molecule has 1 fully saturated rings. The minimum Gasteiger partial charge on any atom is -0.492 e. The highest BCUT2D eigenvalue weighted by molar-refractivity contribution is 9.10. The smallest absolute Gasteiger partial charge is 0.119 e. The van der Waals surface area contributed by atoms with Crippen LogP contribution >= 0.6 is 15.9 Å². The van der Waals surface area contributed by atoms with E-state index in [0.717, 1.165) is 29.7 Å². The van der Waals surface area contributed by atoms with Crippen molar-refractivity contribution in [1.29, 1.82) is 0 Å². The molecule has 2 rings (SSSR count). The second-order valence-electron chi connectivity index (χ2n) is 5.02. The highest BCUT2D eigenvalue weighted by atomic mass is 79.9. The minimum atomic E-state index is 0.262. The lowest BCUT2D eigenvalue weighted by molar-refractivity contribution is 0.108. The number of benzene rings is 1. The van der Waals surface area contributed by atoms with Crippen molar-refractivity contribution in [3.05, 3.63) is 28.7 Å². The quantitative estimate of drug-likeness (QED) is 0.902. The third kappa shape index (κ3) is 4.79. The van der Waals surface area contributed by atoms with E-state index in [4.69, 9.17) is 4.74 Å². The van der Waals surface area contributed by atoms with Gasteiger partial charge in [-0.15, -0.1) is 0 Å². The molecule has 106 valence electrons. The molecule has 0 saturated carbocycles. The molecular formula is C15H22BrNO2. The van der Waals surface area contributed by atoms with Gasteiger partial charge in [0.15, 0.2) is 0 Å². The van der Waals surface area contributed by atoms with E-state index in [1.807, 2.05) is 24.3 Å². The molecule has 1 aromatic rings. The number of likely N-dealkylation sites (tertiary alicyclic amines) is 1. The largest absolute Gasteiger partial charge is 0.492 e. The van der Waals surface area contributed by atoms with Crippen molar-refractivity contribution < 1.29 is 9.84 Å². The van der Waals surface area contributed by atoms with Crippen LogP contribution in [0.1, 0.15) is 25.7 Å². The fraction of sp³-hybridized carbons (Fsp3) is 0.600. The minimum absolute atomic E-state index is 0.262. The zero-order valence-electron chi connectivity index (χ0n) is 11.2. The van der Waals surface area contributed by atoms with Crippen LogP contribution in [0, 0.1) is 0 Å². The van der Waals surface area contributed by atoms with Gasteiger partial charge >= 0.3 is 0 Å². The number of ether oxygens (including phenoxy) is 1. The molecule has 1 aromatic carbocycles. The van der Waals surface area contributed by atoms with Crippen LogP contribution in [0.3, 0.4) is 0 Å². The first-order valence-electron chi connectivity index (χ1n) is 7.03. The number of aliphatic hydroxyl groups excluding tert-OH is 1. The first kappa shape index (κ1) is 14.8. The standard InChI is InChI=1S/C15H22BrNO2/c16-13-5-7-15(8-6-13)19-11-10-17-9-3-1-2-4-14(17)12-18/h5-8,14,18H,1-4,9-12H2. The van der Waals surface area contributed by atoms with Crippen LogP contribution in [0.25, 0.3) is 0 Å². The van der Waals surface area contributed by atoms with Crippen LogP contribution in [-0.4, -0.2) is 42.4 Å². The summed E-state index contributed by atoms with van der Waals surface area (Å²) in [6.07, 6.45) is 4.85. The molecule has 4 heteroatoms. The first-order valence-corrected chi connectivity index (χ1v) is 7.82. The molecule has 0 spiro atoms. The molecule has 1 saturated heterocycles. The Bertz CT molecular complexity index is 369. The fourth-order valence-corrected chi connectivity index (χ4v) is 2.81. The van der Waals surface area contributed by atoms with Gasteiger partial charge in [-0.2, -0.15) is 0 Å². The summed E-state index contributed by atoms with van der Waals surface area (Å²) in [5.41, 5.74) is 0. The van der Waals surface area contributed by atoms with Gasteiger partial charge < -0.3 is 9.84 Å². The van der Waals surface area contributed by atoms with Crippen molar-refractivity contribution in [2.45, 2.75) is 31.7 Å². The molecule has 1 N–H and O–H groups in total. The Labute approximate surface area is 123 Å². The molecule has 3 nitrogen and oxygen atoms in total. The average Bonchev–Trinajstić information content (AvgIpc) is 2.66. The highest BCUT2D eigenvalue weighted by Crippen LogP contribution is 2.18. The van der Waals surface area contributed by atoms with Gasteiger partial charge in [-0.3, -0.25) is 4.90 Å². The number of halogens is 1. The average molecular weight is 328 g/mol. The zero-order chi connectivity index (χ0) is 13.5. The molecule has 1 atom stereocenters. The summed E-state index contributed by atoms with van der Waals surface area (Å²) < 4.78 is 6.82. The van der Waals surface area contributed by atoms with E-state index in [1.165, 1.54) is 19.3 Å². The molecule has 1 heterocycles. The van der Waals surface area contributed by atoms with Crippen LogP contribution in [0.5, 0.6) is 5.75 Å². The number of hydrogen-bond donors (Lipinski definition) is 1. The van der Waals surface area contributed by atoms with Crippen LogP contribution in [0.2, 0.25) is 0 Å². The van der Waals surface area contributed by atoms with Gasteiger partial charge in [0.2, 0.25) is 0 Å². The van der Waals surface area contributed by atoms with E-state index < -0.39 is 0 Å². The maximum absolute atomic E-state index is 9.45. The van der Waals surface area contributed by atoms with E-state index in [-0.39, 0.29) is 6.61 Å². The molecule has 0 aromatic heterocycles. The van der Waals surface area contributed by atoms with E-state index in [0.29, 0.717) is 12.6 Å². The van der Waals surface area contributed by atoms with E-state index in [1.54, 1.807) is 0 Å². The van der Waals surface area contributed by atoms with Gasteiger partial charge in [-0.1, -0.05) is 28.8 Å². The summed E-state index contributed by atoms with van der Waals surface area (Å²) in [5.74, 6) is 0.901. The lowest BCUT2D eigenvalue weighted by Gasteiger charge is -2.28. The lowest BCUT2D eigenvalue weighted by Crippen LogP contribution is -2.40. The van der Waals surface area contributed by atoms with Crippen LogP contribution < -0.4 is 4.74 Å². The number of rotatable bonds is 5. The maximum atomic E-state index is 9.45. The second kappa shape index (κ2) is 7.88. The van der Waals surface area contributed by atoms with Gasteiger partial charge in [-0.05, 0) is 43.7 Å². The van der Waals surface area contributed by atoms with Crippen molar-refractivity contribution in [3.8, 4) is 5.75 Å². The zero-order valence-corrected chi connectivity index (χ0v) is 12.8. The van der Waals surface area contributed by atoms with Gasteiger partial charge in [0.25, 0.3) is 0 Å². The Morgan fingerprint density at radius 3 is 2.74 bits per heavy atom. The van der Waals surface area contributed by atoms with Crippen LogP contribution in [0.4, 0.5) is 0 Å². The highest BCUT2D eigenvalue weighted by Gasteiger charge is 2.19. The predicted octanol–water partition coefficient (Wildman–Crippen LogP) is 3.06. The molecule has 0 aliphatic carbocycles. The second-order valence-corrected chi connectivity index (χ2v) is 5.94. The third-order valence-electron chi connectivity index (χ3n) is 3.67. The molecule has 0 amide bonds. The normalized spacial score (nSPS) is 21.1. The maximum Gasteiger partial charge on any atom is 0.119 e. The Morgan fingerprint density at radius 2 is 2.00 bits per heavy atom. The van der Waals surface area contributed by atoms with Crippen molar-refractivity contribution in [3.63, 3.8) is 0 Å². The Balaban J connectivity index is 1.78. The van der Waals surface area contributed by atoms with Crippen molar-refractivity contribution in [1.82, 2.24) is 4.90 Å². The molecule has 19 heavy (non-hydrogen) atoms. The van der Waals surface area contributed by atoms with E-state index in [2.05, 4.69) is 20.8 Å². The topological polar surface area (TPSA) is 32.7 Å². The molecule has 1 aliphatic heterocycles. The molecular weight excluding hydrogens is 306 g/mol. The molecule has 1 unspecified atom stereocenters. The molecule has 0 radical (unpaired) electrons. The number of nitrogens with zero attached hydrogens (tertiary/aromatic N) is 1. The number of hydrogen-bond acceptors (Lipinski definition) is 3. The van der Waals surface area contributed by atoms with Gasteiger partial charge in [-0.25, -0.2) is 0 Å². The third-order valence-corrected chi connectivity index (χ3v) is 4.20.